The van der Waals surface area contributed by atoms with Gasteiger partial charge in [-0.2, -0.15) is 10.2 Å². The zero-order valence-corrected chi connectivity index (χ0v) is 14.1. The van der Waals surface area contributed by atoms with Gasteiger partial charge in [-0.1, -0.05) is 19.1 Å². The Hall–Kier alpha value is -2.96. The smallest absolute Gasteiger partial charge is 0.221 e. The molecule has 1 atom stereocenters. The van der Waals surface area contributed by atoms with E-state index in [-0.39, 0.29) is 17.3 Å². The Morgan fingerprint density at radius 3 is 2.88 bits per heavy atom. The third-order valence-electron chi connectivity index (χ3n) is 4.02. The van der Waals surface area contributed by atoms with E-state index >= 15 is 0 Å². The van der Waals surface area contributed by atoms with Crippen molar-refractivity contribution in [2.75, 3.05) is 6.54 Å². The van der Waals surface area contributed by atoms with E-state index in [2.05, 4.69) is 22.4 Å². The maximum absolute atomic E-state index is 12.1. The van der Waals surface area contributed by atoms with Gasteiger partial charge in [0.1, 0.15) is 0 Å². The average Bonchev–Trinajstić information content (AvgIpc) is 3.12. The minimum Gasteiger partial charge on any atom is -0.356 e. The molecule has 1 N–H and O–H groups in total. The molecule has 0 aliphatic carbocycles. The van der Waals surface area contributed by atoms with Crippen molar-refractivity contribution in [3.05, 3.63) is 59.1 Å². The number of hydrogen-bond donors (Lipinski definition) is 1. The van der Waals surface area contributed by atoms with Crippen molar-refractivity contribution in [3.8, 4) is 0 Å². The fraction of sp³-hybridized carbons (Fsp3) is 0.333. The molecule has 1 amide bonds. The Morgan fingerprint density at radius 2 is 2.08 bits per heavy atom. The predicted molar refractivity (Wildman–Crippen MR) is 95.0 cm³/mol. The van der Waals surface area contributed by atoms with Crippen LogP contribution < -0.4 is 10.7 Å². The van der Waals surface area contributed by atoms with Crippen LogP contribution >= 0.6 is 0 Å². The minimum absolute atomic E-state index is 0.0307. The quantitative estimate of drug-likeness (QED) is 0.706. The summed E-state index contributed by atoms with van der Waals surface area (Å²) < 4.78 is 3.55. The predicted octanol–water partition coefficient (Wildman–Crippen LogP) is 1.44. The highest BCUT2D eigenvalue weighted by Crippen LogP contribution is 2.08. The Morgan fingerprint density at radius 1 is 1.24 bits per heavy atom. The van der Waals surface area contributed by atoms with Gasteiger partial charge in [0.15, 0.2) is 0 Å². The van der Waals surface area contributed by atoms with Crippen LogP contribution in [0.3, 0.4) is 0 Å². The highest BCUT2D eigenvalue weighted by atomic mass is 16.1. The average molecular weight is 339 g/mol. The number of carbonyl (C=O) groups excluding carboxylic acids is 1. The summed E-state index contributed by atoms with van der Waals surface area (Å²) in [6.45, 7) is 3.86. The van der Waals surface area contributed by atoms with Crippen molar-refractivity contribution in [2.45, 2.75) is 26.4 Å². The van der Waals surface area contributed by atoms with Gasteiger partial charge in [0.05, 0.1) is 18.3 Å². The fourth-order valence-electron chi connectivity index (χ4n) is 2.72. The van der Waals surface area contributed by atoms with E-state index in [4.69, 9.17) is 0 Å². The van der Waals surface area contributed by atoms with Gasteiger partial charge >= 0.3 is 0 Å². The van der Waals surface area contributed by atoms with E-state index < -0.39 is 0 Å². The zero-order valence-electron chi connectivity index (χ0n) is 14.1. The number of hydrogen-bond acceptors (Lipinski definition) is 4. The topological polar surface area (TPSA) is 81.8 Å². The van der Waals surface area contributed by atoms with Gasteiger partial charge in [-0.3, -0.25) is 19.0 Å². The van der Waals surface area contributed by atoms with Crippen molar-refractivity contribution >= 4 is 16.8 Å². The fourth-order valence-corrected chi connectivity index (χ4v) is 2.72. The Balaban J connectivity index is 1.52. The molecule has 2 aromatic heterocycles. The summed E-state index contributed by atoms with van der Waals surface area (Å²) in [5, 5.41) is 11.9. The third kappa shape index (κ3) is 4.32. The molecule has 0 spiro atoms. The lowest BCUT2D eigenvalue weighted by molar-refractivity contribution is -0.121. The van der Waals surface area contributed by atoms with Crippen molar-refractivity contribution in [1.82, 2.24) is 24.9 Å². The number of nitrogens with one attached hydrogen (secondary N) is 1. The van der Waals surface area contributed by atoms with Crippen LogP contribution in [0.25, 0.3) is 10.9 Å². The maximum Gasteiger partial charge on any atom is 0.221 e. The molecule has 0 saturated carbocycles. The van der Waals surface area contributed by atoms with E-state index in [0.717, 1.165) is 12.1 Å². The van der Waals surface area contributed by atoms with Gasteiger partial charge in [0.25, 0.3) is 0 Å². The van der Waals surface area contributed by atoms with Crippen molar-refractivity contribution in [3.63, 3.8) is 0 Å². The van der Waals surface area contributed by atoms with Gasteiger partial charge in [-0.15, -0.1) is 0 Å². The molecule has 1 aromatic carbocycles. The maximum atomic E-state index is 12.1. The zero-order chi connectivity index (χ0) is 17.6. The van der Waals surface area contributed by atoms with Gasteiger partial charge in [-0.25, -0.2) is 0 Å². The molecule has 7 heteroatoms. The number of benzene rings is 1. The second-order valence-electron chi connectivity index (χ2n) is 6.14. The molecule has 0 saturated heterocycles. The standard InChI is InChI=1S/C18H21N5O2/c1-14(13-22-9-4-8-20-22)11-19-18(25)7-10-23-16-6-3-2-5-15(16)17(24)12-21-23/h2-6,8-9,12,14H,7,10-11,13H2,1H3,(H,19,25)/t14-/m1/s1. The number of nitrogens with zero attached hydrogens (tertiary/aromatic N) is 4. The van der Waals surface area contributed by atoms with Gasteiger partial charge < -0.3 is 5.32 Å². The molecule has 0 aliphatic heterocycles. The summed E-state index contributed by atoms with van der Waals surface area (Å²) >= 11 is 0. The minimum atomic E-state index is -0.108. The van der Waals surface area contributed by atoms with Crippen LogP contribution in [0, 0.1) is 5.92 Å². The molecule has 0 aliphatic rings. The highest BCUT2D eigenvalue weighted by molar-refractivity contribution is 5.79. The molecule has 7 nitrogen and oxygen atoms in total. The summed E-state index contributed by atoms with van der Waals surface area (Å²) in [7, 11) is 0. The molecule has 3 rings (SSSR count). The van der Waals surface area contributed by atoms with E-state index in [0.29, 0.717) is 24.9 Å². The molecule has 25 heavy (non-hydrogen) atoms. The van der Waals surface area contributed by atoms with E-state index in [1.807, 2.05) is 35.1 Å². The second kappa shape index (κ2) is 7.74. The molecule has 0 fully saturated rings. The number of rotatable bonds is 7. The van der Waals surface area contributed by atoms with Gasteiger partial charge in [-0.05, 0) is 24.1 Å². The van der Waals surface area contributed by atoms with Crippen LogP contribution in [0.15, 0.2) is 53.7 Å². The third-order valence-corrected chi connectivity index (χ3v) is 4.02. The van der Waals surface area contributed by atoms with Crippen molar-refractivity contribution in [2.24, 2.45) is 5.92 Å². The van der Waals surface area contributed by atoms with Crippen molar-refractivity contribution < 1.29 is 4.79 Å². The molecule has 0 unspecified atom stereocenters. The molecular formula is C18H21N5O2. The van der Waals surface area contributed by atoms with Gasteiger partial charge in [0.2, 0.25) is 11.3 Å². The van der Waals surface area contributed by atoms with Crippen LogP contribution in [-0.4, -0.2) is 32.0 Å². The lowest BCUT2D eigenvalue weighted by atomic mass is 10.2. The van der Waals surface area contributed by atoms with E-state index in [1.165, 1.54) is 6.20 Å². The van der Waals surface area contributed by atoms with Crippen LogP contribution in [0.5, 0.6) is 0 Å². The Kier molecular flexibility index (Phi) is 5.23. The van der Waals surface area contributed by atoms with E-state index in [1.54, 1.807) is 16.9 Å². The summed E-state index contributed by atoms with van der Waals surface area (Å²) in [6.07, 6.45) is 5.26. The molecule has 0 bridgehead atoms. The first-order chi connectivity index (χ1) is 12.1. The first kappa shape index (κ1) is 16.9. The largest absolute Gasteiger partial charge is 0.356 e. The number of para-hydroxylation sites is 1. The van der Waals surface area contributed by atoms with Crippen molar-refractivity contribution in [1.29, 1.82) is 0 Å². The second-order valence-corrected chi connectivity index (χ2v) is 6.14. The van der Waals surface area contributed by atoms with Crippen LogP contribution in [0.4, 0.5) is 0 Å². The van der Waals surface area contributed by atoms with Crippen LogP contribution in [0.1, 0.15) is 13.3 Å². The SMILES string of the molecule is C[C@H](CNC(=O)CCn1ncc(=O)c2ccccc21)Cn1cccn1. The monoisotopic (exact) mass is 339 g/mol. The molecule has 0 radical (unpaired) electrons. The number of aryl methyl sites for hydroxylation is 1. The molecule has 130 valence electrons. The normalized spacial score (nSPS) is 12.2. The Bertz CT molecular complexity index is 901. The number of amides is 1. The van der Waals surface area contributed by atoms with Crippen LogP contribution in [0.2, 0.25) is 0 Å². The highest BCUT2D eigenvalue weighted by Gasteiger charge is 2.08. The van der Waals surface area contributed by atoms with Gasteiger partial charge in [0, 0.05) is 37.3 Å². The molecule has 2 heterocycles. The molecular weight excluding hydrogens is 318 g/mol. The van der Waals surface area contributed by atoms with E-state index in [9.17, 15) is 9.59 Å². The van der Waals surface area contributed by atoms with Crippen LogP contribution in [-0.2, 0) is 17.9 Å². The summed E-state index contributed by atoms with van der Waals surface area (Å²) in [5.41, 5.74) is 0.638. The first-order valence-corrected chi connectivity index (χ1v) is 8.32. The number of fused-ring (bicyclic) bond motifs is 1. The Labute approximate surface area is 145 Å². The first-order valence-electron chi connectivity index (χ1n) is 8.32. The summed E-state index contributed by atoms with van der Waals surface area (Å²) in [4.78, 5) is 23.9. The molecule has 3 aromatic rings. The number of aromatic nitrogens is 4. The number of carbonyl (C=O) groups is 1. The summed E-state index contributed by atoms with van der Waals surface area (Å²) in [6, 6.07) is 9.17. The summed E-state index contributed by atoms with van der Waals surface area (Å²) in [5.74, 6) is 0.257. The lowest BCUT2D eigenvalue weighted by Crippen LogP contribution is -2.31. The lowest BCUT2D eigenvalue weighted by Gasteiger charge is -2.13.